The van der Waals surface area contributed by atoms with Crippen molar-refractivity contribution >= 4 is 5.82 Å². The van der Waals surface area contributed by atoms with E-state index >= 15 is 0 Å². The highest BCUT2D eigenvalue weighted by Crippen LogP contribution is 2.36. The summed E-state index contributed by atoms with van der Waals surface area (Å²) >= 11 is 0. The molecule has 1 fully saturated rings. The summed E-state index contributed by atoms with van der Waals surface area (Å²) in [5.74, 6) is 1.04. The van der Waals surface area contributed by atoms with Crippen LogP contribution in [-0.4, -0.2) is 16.5 Å². The van der Waals surface area contributed by atoms with Crippen LogP contribution >= 0.6 is 0 Å². The maximum absolute atomic E-state index is 5.92. The van der Waals surface area contributed by atoms with Crippen molar-refractivity contribution in [2.75, 3.05) is 11.4 Å². The van der Waals surface area contributed by atoms with E-state index in [1.54, 1.807) is 0 Å². The fourth-order valence-electron chi connectivity index (χ4n) is 3.01. The SMILES string of the molecule is Cc1ccnc(N2CCCC2c2cccnc2)c1CN. The van der Waals surface area contributed by atoms with Gasteiger partial charge in [0, 0.05) is 37.2 Å². The molecule has 1 aliphatic rings. The standard InChI is InChI=1S/C16H20N4/c1-12-6-8-19-16(14(12)10-17)20-9-3-5-15(20)13-4-2-7-18-11-13/h2,4,6-8,11,15H,3,5,9-10,17H2,1H3. The van der Waals surface area contributed by atoms with Gasteiger partial charge in [0.1, 0.15) is 5.82 Å². The number of hydrogen-bond donors (Lipinski definition) is 1. The first-order valence-electron chi connectivity index (χ1n) is 7.12. The molecule has 2 aromatic heterocycles. The minimum absolute atomic E-state index is 0.364. The van der Waals surface area contributed by atoms with Crippen LogP contribution in [0.3, 0.4) is 0 Å². The van der Waals surface area contributed by atoms with Crippen LogP contribution in [0.15, 0.2) is 36.8 Å². The van der Waals surface area contributed by atoms with Crippen molar-refractivity contribution in [3.05, 3.63) is 53.5 Å². The summed E-state index contributed by atoms with van der Waals surface area (Å²) in [4.78, 5) is 11.2. The Kier molecular flexibility index (Phi) is 3.65. The third kappa shape index (κ3) is 2.27. The van der Waals surface area contributed by atoms with E-state index in [0.717, 1.165) is 24.3 Å². The molecule has 0 spiro atoms. The first kappa shape index (κ1) is 13.1. The van der Waals surface area contributed by atoms with Crippen molar-refractivity contribution in [2.24, 2.45) is 5.73 Å². The summed E-state index contributed by atoms with van der Waals surface area (Å²) in [6, 6.07) is 6.54. The van der Waals surface area contributed by atoms with Gasteiger partial charge in [-0.3, -0.25) is 4.98 Å². The predicted octanol–water partition coefficient (Wildman–Crippen LogP) is 2.59. The van der Waals surface area contributed by atoms with Crippen LogP contribution in [0.5, 0.6) is 0 Å². The normalized spacial score (nSPS) is 18.5. The van der Waals surface area contributed by atoms with Gasteiger partial charge >= 0.3 is 0 Å². The summed E-state index contributed by atoms with van der Waals surface area (Å²) in [7, 11) is 0. The van der Waals surface area contributed by atoms with E-state index in [-0.39, 0.29) is 0 Å². The van der Waals surface area contributed by atoms with Crippen LogP contribution in [0, 0.1) is 6.92 Å². The Hall–Kier alpha value is -1.94. The summed E-state index contributed by atoms with van der Waals surface area (Å²) in [5, 5.41) is 0. The van der Waals surface area contributed by atoms with Gasteiger partial charge in [0.2, 0.25) is 0 Å². The quantitative estimate of drug-likeness (QED) is 0.929. The van der Waals surface area contributed by atoms with E-state index in [9.17, 15) is 0 Å². The monoisotopic (exact) mass is 268 g/mol. The van der Waals surface area contributed by atoms with E-state index < -0.39 is 0 Å². The van der Waals surface area contributed by atoms with Crippen molar-refractivity contribution in [1.29, 1.82) is 0 Å². The van der Waals surface area contributed by atoms with Crippen LogP contribution in [-0.2, 0) is 6.54 Å². The number of nitrogens with zero attached hydrogens (tertiary/aromatic N) is 3. The van der Waals surface area contributed by atoms with Crippen LogP contribution in [0.4, 0.5) is 5.82 Å². The van der Waals surface area contributed by atoms with Gasteiger partial charge < -0.3 is 10.6 Å². The molecule has 4 nitrogen and oxygen atoms in total. The number of nitrogens with two attached hydrogens (primary N) is 1. The molecule has 0 radical (unpaired) electrons. The highest BCUT2D eigenvalue weighted by atomic mass is 15.2. The van der Waals surface area contributed by atoms with Gasteiger partial charge in [0.25, 0.3) is 0 Å². The zero-order valence-corrected chi connectivity index (χ0v) is 11.8. The molecular weight excluding hydrogens is 248 g/mol. The van der Waals surface area contributed by atoms with E-state index in [1.807, 2.05) is 30.7 Å². The fraction of sp³-hybridized carbons (Fsp3) is 0.375. The van der Waals surface area contributed by atoms with Crippen LogP contribution in [0.25, 0.3) is 0 Å². The summed E-state index contributed by atoms with van der Waals surface area (Å²) in [6.07, 6.45) is 7.98. The lowest BCUT2D eigenvalue weighted by Gasteiger charge is -2.28. The Bertz CT molecular complexity index is 582. The van der Waals surface area contributed by atoms with Crippen molar-refractivity contribution < 1.29 is 0 Å². The Morgan fingerprint density at radius 3 is 3.00 bits per heavy atom. The molecule has 3 rings (SSSR count). The minimum Gasteiger partial charge on any atom is -0.349 e. The summed E-state index contributed by atoms with van der Waals surface area (Å²) in [5.41, 5.74) is 9.56. The Labute approximate surface area is 119 Å². The molecule has 0 aromatic carbocycles. The molecular formula is C16H20N4. The van der Waals surface area contributed by atoms with Gasteiger partial charge in [-0.25, -0.2) is 4.98 Å². The molecule has 20 heavy (non-hydrogen) atoms. The Morgan fingerprint density at radius 2 is 2.25 bits per heavy atom. The lowest BCUT2D eigenvalue weighted by molar-refractivity contribution is 0.703. The molecule has 1 saturated heterocycles. The largest absolute Gasteiger partial charge is 0.349 e. The average molecular weight is 268 g/mol. The molecule has 2 N–H and O–H groups in total. The van der Waals surface area contributed by atoms with Gasteiger partial charge in [-0.1, -0.05) is 6.07 Å². The van der Waals surface area contributed by atoms with Gasteiger partial charge in [0.05, 0.1) is 6.04 Å². The predicted molar refractivity (Wildman–Crippen MR) is 80.4 cm³/mol. The molecule has 0 saturated carbocycles. The first-order chi connectivity index (χ1) is 9.81. The van der Waals surface area contributed by atoms with Gasteiger partial charge in [0.15, 0.2) is 0 Å². The second-order valence-electron chi connectivity index (χ2n) is 5.27. The van der Waals surface area contributed by atoms with E-state index in [4.69, 9.17) is 5.73 Å². The zero-order chi connectivity index (χ0) is 13.9. The highest BCUT2D eigenvalue weighted by molar-refractivity contribution is 5.53. The molecule has 0 amide bonds. The van der Waals surface area contributed by atoms with E-state index in [0.29, 0.717) is 12.6 Å². The van der Waals surface area contributed by atoms with Crippen LogP contribution in [0.1, 0.15) is 35.6 Å². The minimum atomic E-state index is 0.364. The second kappa shape index (κ2) is 5.59. The topological polar surface area (TPSA) is 55.0 Å². The molecule has 0 bridgehead atoms. The van der Waals surface area contributed by atoms with Crippen LogP contribution < -0.4 is 10.6 Å². The number of rotatable bonds is 3. The second-order valence-corrected chi connectivity index (χ2v) is 5.27. The van der Waals surface area contributed by atoms with Crippen molar-refractivity contribution in [1.82, 2.24) is 9.97 Å². The number of pyridine rings is 2. The van der Waals surface area contributed by atoms with E-state index in [2.05, 4.69) is 27.9 Å². The summed E-state index contributed by atoms with van der Waals surface area (Å²) < 4.78 is 0. The lowest BCUT2D eigenvalue weighted by Crippen LogP contribution is -2.25. The molecule has 1 aliphatic heterocycles. The average Bonchev–Trinajstić information content (AvgIpc) is 2.97. The fourth-order valence-corrected chi connectivity index (χ4v) is 3.01. The van der Waals surface area contributed by atoms with E-state index in [1.165, 1.54) is 17.5 Å². The Morgan fingerprint density at radius 1 is 1.35 bits per heavy atom. The Balaban J connectivity index is 1.99. The number of anilines is 1. The third-order valence-corrected chi connectivity index (χ3v) is 4.07. The zero-order valence-electron chi connectivity index (χ0n) is 11.8. The number of aryl methyl sites for hydroxylation is 1. The maximum Gasteiger partial charge on any atom is 0.133 e. The molecule has 4 heteroatoms. The molecule has 0 aliphatic carbocycles. The van der Waals surface area contributed by atoms with Gasteiger partial charge in [-0.15, -0.1) is 0 Å². The van der Waals surface area contributed by atoms with Crippen molar-refractivity contribution in [2.45, 2.75) is 32.4 Å². The maximum atomic E-state index is 5.92. The first-order valence-corrected chi connectivity index (χ1v) is 7.12. The molecule has 1 unspecified atom stereocenters. The molecule has 1 atom stereocenters. The molecule has 2 aromatic rings. The molecule has 104 valence electrons. The van der Waals surface area contributed by atoms with Crippen molar-refractivity contribution in [3.8, 4) is 0 Å². The van der Waals surface area contributed by atoms with Gasteiger partial charge in [-0.2, -0.15) is 0 Å². The smallest absolute Gasteiger partial charge is 0.133 e. The van der Waals surface area contributed by atoms with Crippen molar-refractivity contribution in [3.63, 3.8) is 0 Å². The lowest BCUT2D eigenvalue weighted by atomic mass is 10.1. The molecule has 3 heterocycles. The third-order valence-electron chi connectivity index (χ3n) is 4.07. The van der Waals surface area contributed by atoms with Gasteiger partial charge in [-0.05, 0) is 43.0 Å². The van der Waals surface area contributed by atoms with Crippen LogP contribution in [0.2, 0.25) is 0 Å². The summed E-state index contributed by atoms with van der Waals surface area (Å²) in [6.45, 7) is 3.66. The number of aromatic nitrogens is 2. The number of hydrogen-bond acceptors (Lipinski definition) is 4. The highest BCUT2D eigenvalue weighted by Gasteiger charge is 2.28.